The second-order valence-electron chi connectivity index (χ2n) is 6.97. The molecule has 0 N–H and O–H groups in total. The maximum absolute atomic E-state index is 13.1. The molecule has 156 valence electrons. The van der Waals surface area contributed by atoms with E-state index in [-0.39, 0.29) is 12.5 Å². The first-order chi connectivity index (χ1) is 14.5. The number of hydrogen-bond donors (Lipinski definition) is 0. The number of ether oxygens (including phenoxy) is 3. The van der Waals surface area contributed by atoms with Crippen molar-refractivity contribution in [1.82, 2.24) is 4.98 Å². The topological polar surface area (TPSA) is 60.9 Å². The first-order valence-electron chi connectivity index (χ1n) is 9.63. The van der Waals surface area contributed by atoms with Gasteiger partial charge in [0, 0.05) is 6.20 Å². The van der Waals surface area contributed by atoms with Gasteiger partial charge in [0.25, 0.3) is 5.91 Å². The highest BCUT2D eigenvalue weighted by atomic mass is 16.5. The second kappa shape index (κ2) is 9.78. The van der Waals surface area contributed by atoms with Gasteiger partial charge in [0.15, 0.2) is 18.1 Å². The molecule has 0 bridgehead atoms. The van der Waals surface area contributed by atoms with Gasteiger partial charge in [-0.05, 0) is 66.9 Å². The van der Waals surface area contributed by atoms with E-state index in [0.29, 0.717) is 29.6 Å². The zero-order chi connectivity index (χ0) is 21.5. The number of rotatable bonds is 8. The van der Waals surface area contributed by atoms with Gasteiger partial charge in [0.1, 0.15) is 11.6 Å². The highest BCUT2D eigenvalue weighted by Crippen LogP contribution is 2.28. The third-order valence-corrected chi connectivity index (χ3v) is 4.57. The molecule has 0 spiro atoms. The molecule has 1 aromatic heterocycles. The molecule has 0 aliphatic rings. The molecule has 0 aliphatic carbocycles. The van der Waals surface area contributed by atoms with Gasteiger partial charge in [-0.15, -0.1) is 0 Å². The molecule has 1 heterocycles. The van der Waals surface area contributed by atoms with E-state index in [4.69, 9.17) is 14.2 Å². The third kappa shape index (κ3) is 5.29. The summed E-state index contributed by atoms with van der Waals surface area (Å²) in [4.78, 5) is 19.0. The number of amides is 1. The Hall–Kier alpha value is -3.54. The van der Waals surface area contributed by atoms with Crippen molar-refractivity contribution in [1.29, 1.82) is 0 Å². The maximum atomic E-state index is 13.1. The summed E-state index contributed by atoms with van der Waals surface area (Å²) >= 11 is 0. The summed E-state index contributed by atoms with van der Waals surface area (Å²) in [6, 6.07) is 16.9. The van der Waals surface area contributed by atoms with E-state index in [9.17, 15) is 4.79 Å². The number of carbonyl (C=O) groups excluding carboxylic acids is 1. The largest absolute Gasteiger partial charge is 0.493 e. The zero-order valence-corrected chi connectivity index (χ0v) is 17.7. The Balaban J connectivity index is 1.81. The van der Waals surface area contributed by atoms with Gasteiger partial charge < -0.3 is 14.2 Å². The lowest BCUT2D eigenvalue weighted by molar-refractivity contribution is -0.120. The van der Waals surface area contributed by atoms with E-state index in [0.717, 1.165) is 16.7 Å². The molecule has 0 saturated carbocycles. The third-order valence-electron chi connectivity index (χ3n) is 4.57. The van der Waals surface area contributed by atoms with Crippen LogP contribution in [0.4, 0.5) is 5.82 Å². The van der Waals surface area contributed by atoms with Gasteiger partial charge in [0.2, 0.25) is 0 Å². The average Bonchev–Trinajstić information content (AvgIpc) is 2.75. The lowest BCUT2D eigenvalue weighted by atomic mass is 10.1. The Bertz CT molecular complexity index is 985. The number of benzene rings is 2. The van der Waals surface area contributed by atoms with Crippen LogP contribution in [0.2, 0.25) is 0 Å². The van der Waals surface area contributed by atoms with E-state index in [1.54, 1.807) is 31.4 Å². The van der Waals surface area contributed by atoms with Crippen molar-refractivity contribution in [2.75, 3.05) is 25.7 Å². The number of aryl methyl sites for hydroxylation is 2. The lowest BCUT2D eigenvalue weighted by Gasteiger charge is -2.22. The van der Waals surface area contributed by atoms with Gasteiger partial charge in [-0.1, -0.05) is 18.2 Å². The molecule has 0 atom stereocenters. The van der Waals surface area contributed by atoms with Crippen molar-refractivity contribution in [2.24, 2.45) is 0 Å². The van der Waals surface area contributed by atoms with Gasteiger partial charge in [-0.25, -0.2) is 4.98 Å². The van der Waals surface area contributed by atoms with Crippen molar-refractivity contribution >= 4 is 11.7 Å². The van der Waals surface area contributed by atoms with E-state index >= 15 is 0 Å². The number of pyridine rings is 1. The van der Waals surface area contributed by atoms with Gasteiger partial charge in [-0.3, -0.25) is 9.69 Å². The molecule has 0 radical (unpaired) electrons. The molecule has 1 amide bonds. The molecule has 3 aromatic rings. The molecule has 6 heteroatoms. The Morgan fingerprint density at radius 2 is 1.67 bits per heavy atom. The van der Waals surface area contributed by atoms with E-state index < -0.39 is 0 Å². The normalized spacial score (nSPS) is 10.4. The van der Waals surface area contributed by atoms with Crippen LogP contribution in [-0.4, -0.2) is 31.7 Å². The fraction of sp³-hybridized carbons (Fsp3) is 0.250. The highest BCUT2D eigenvalue weighted by Gasteiger charge is 2.19. The number of aromatic nitrogens is 1. The molecular formula is C24H26N2O4. The Kier molecular flexibility index (Phi) is 6.91. The van der Waals surface area contributed by atoms with Crippen molar-refractivity contribution in [3.8, 4) is 17.2 Å². The number of carbonyl (C=O) groups is 1. The fourth-order valence-corrected chi connectivity index (χ4v) is 3.21. The Morgan fingerprint density at radius 1 is 0.933 bits per heavy atom. The summed E-state index contributed by atoms with van der Waals surface area (Å²) in [6.07, 6.45) is 1.66. The zero-order valence-electron chi connectivity index (χ0n) is 17.7. The van der Waals surface area contributed by atoms with Crippen molar-refractivity contribution in [3.05, 3.63) is 77.5 Å². The van der Waals surface area contributed by atoms with Crippen LogP contribution in [0.3, 0.4) is 0 Å². The van der Waals surface area contributed by atoms with E-state index in [1.165, 1.54) is 0 Å². The summed E-state index contributed by atoms with van der Waals surface area (Å²) in [5.41, 5.74) is 3.06. The maximum Gasteiger partial charge on any atom is 0.266 e. The molecule has 0 aliphatic heterocycles. The molecule has 0 fully saturated rings. The van der Waals surface area contributed by atoms with Crippen LogP contribution >= 0.6 is 0 Å². The van der Waals surface area contributed by atoms with Crippen LogP contribution in [0.25, 0.3) is 0 Å². The second-order valence-corrected chi connectivity index (χ2v) is 6.97. The number of hydrogen-bond acceptors (Lipinski definition) is 5. The van der Waals surface area contributed by atoms with Crippen LogP contribution in [0.1, 0.15) is 16.7 Å². The predicted molar refractivity (Wildman–Crippen MR) is 116 cm³/mol. The molecule has 30 heavy (non-hydrogen) atoms. The quantitative estimate of drug-likeness (QED) is 0.557. The summed E-state index contributed by atoms with van der Waals surface area (Å²) in [5.74, 6) is 2.28. The summed E-state index contributed by atoms with van der Waals surface area (Å²) < 4.78 is 16.5. The van der Waals surface area contributed by atoms with E-state index in [1.807, 2.05) is 56.3 Å². The molecule has 0 saturated heterocycles. The van der Waals surface area contributed by atoms with Gasteiger partial charge >= 0.3 is 0 Å². The SMILES string of the molecule is COc1ccc(CN(C(=O)COc2cc(C)cc(C)c2)c2ccccn2)cc1OC. The van der Waals surface area contributed by atoms with Crippen LogP contribution in [0.15, 0.2) is 60.8 Å². The summed E-state index contributed by atoms with van der Waals surface area (Å²) in [7, 11) is 3.17. The fourth-order valence-electron chi connectivity index (χ4n) is 3.21. The standard InChI is InChI=1S/C24H26N2O4/c1-17-11-18(2)13-20(12-17)30-16-24(27)26(23-7-5-6-10-25-23)15-19-8-9-21(28-3)22(14-19)29-4/h5-14H,15-16H2,1-4H3. The highest BCUT2D eigenvalue weighted by molar-refractivity contribution is 5.93. The van der Waals surface area contributed by atoms with Crippen LogP contribution in [-0.2, 0) is 11.3 Å². The predicted octanol–water partition coefficient (Wildman–Crippen LogP) is 4.33. The molecule has 6 nitrogen and oxygen atoms in total. The van der Waals surface area contributed by atoms with Crippen LogP contribution in [0, 0.1) is 13.8 Å². The Labute approximate surface area is 177 Å². The number of anilines is 1. The first kappa shape index (κ1) is 21.2. The molecule has 2 aromatic carbocycles. The van der Waals surface area contributed by atoms with E-state index in [2.05, 4.69) is 11.1 Å². The monoisotopic (exact) mass is 406 g/mol. The van der Waals surface area contributed by atoms with Crippen molar-refractivity contribution in [3.63, 3.8) is 0 Å². The molecular weight excluding hydrogens is 380 g/mol. The molecule has 3 rings (SSSR count). The average molecular weight is 406 g/mol. The van der Waals surface area contributed by atoms with Crippen molar-refractivity contribution in [2.45, 2.75) is 20.4 Å². The summed E-state index contributed by atoms with van der Waals surface area (Å²) in [6.45, 7) is 4.23. The van der Waals surface area contributed by atoms with Gasteiger partial charge in [0.05, 0.1) is 20.8 Å². The lowest BCUT2D eigenvalue weighted by Crippen LogP contribution is -2.35. The summed E-state index contributed by atoms with van der Waals surface area (Å²) in [5, 5.41) is 0. The van der Waals surface area contributed by atoms with Crippen LogP contribution in [0.5, 0.6) is 17.2 Å². The van der Waals surface area contributed by atoms with Crippen LogP contribution < -0.4 is 19.1 Å². The first-order valence-corrected chi connectivity index (χ1v) is 9.63. The number of methoxy groups -OCH3 is 2. The van der Waals surface area contributed by atoms with Gasteiger partial charge in [-0.2, -0.15) is 0 Å². The smallest absolute Gasteiger partial charge is 0.266 e. The minimum Gasteiger partial charge on any atom is -0.493 e. The van der Waals surface area contributed by atoms with Crippen molar-refractivity contribution < 1.29 is 19.0 Å². The minimum atomic E-state index is -0.192. The number of nitrogens with zero attached hydrogens (tertiary/aromatic N) is 2. The minimum absolute atomic E-state index is 0.0905. The molecule has 0 unspecified atom stereocenters. The Morgan fingerprint density at radius 3 is 2.30 bits per heavy atom.